The number of rotatable bonds is 3. The third-order valence-corrected chi connectivity index (χ3v) is 4.35. The van der Waals surface area contributed by atoms with Gasteiger partial charge in [0.25, 0.3) is 5.91 Å². The number of nitrogens with zero attached hydrogens (tertiary/aromatic N) is 1. The van der Waals surface area contributed by atoms with Crippen LogP contribution in [0.1, 0.15) is 35.0 Å². The minimum atomic E-state index is -0.115. The summed E-state index contributed by atoms with van der Waals surface area (Å²) in [6, 6.07) is 7.45. The maximum atomic E-state index is 12.0. The molecule has 0 fully saturated rings. The molecule has 0 aliphatic rings. The SMILES string of the molecule is CC(C)c1cnc(NC(=O)c2ccc(I)cc2)s1. The van der Waals surface area contributed by atoms with E-state index in [9.17, 15) is 4.79 Å². The molecule has 2 rings (SSSR count). The van der Waals surface area contributed by atoms with Gasteiger partial charge in [0, 0.05) is 20.2 Å². The van der Waals surface area contributed by atoms with Crippen LogP contribution in [0, 0.1) is 3.57 Å². The Morgan fingerprint density at radius 1 is 1.33 bits per heavy atom. The van der Waals surface area contributed by atoms with Crippen LogP contribution in [0.3, 0.4) is 0 Å². The van der Waals surface area contributed by atoms with Gasteiger partial charge in [0.1, 0.15) is 0 Å². The monoisotopic (exact) mass is 372 g/mol. The van der Waals surface area contributed by atoms with Crippen LogP contribution in [-0.4, -0.2) is 10.9 Å². The van der Waals surface area contributed by atoms with E-state index in [0.29, 0.717) is 16.6 Å². The fourth-order valence-electron chi connectivity index (χ4n) is 1.38. The Morgan fingerprint density at radius 3 is 2.56 bits per heavy atom. The van der Waals surface area contributed by atoms with Gasteiger partial charge in [0.15, 0.2) is 5.13 Å². The standard InChI is InChI=1S/C13H13IN2OS/c1-8(2)11-7-15-13(18-11)16-12(17)9-3-5-10(14)6-4-9/h3-8H,1-2H3,(H,15,16,17). The highest BCUT2D eigenvalue weighted by atomic mass is 127. The maximum absolute atomic E-state index is 12.0. The number of aromatic nitrogens is 1. The number of thiazole rings is 1. The predicted molar refractivity (Wildman–Crippen MR) is 83.3 cm³/mol. The number of benzene rings is 1. The average Bonchev–Trinajstić information content (AvgIpc) is 2.78. The van der Waals surface area contributed by atoms with E-state index in [-0.39, 0.29) is 5.91 Å². The third kappa shape index (κ3) is 3.29. The van der Waals surface area contributed by atoms with Gasteiger partial charge in [-0.3, -0.25) is 10.1 Å². The highest BCUT2D eigenvalue weighted by Gasteiger charge is 2.10. The second kappa shape index (κ2) is 5.79. The molecule has 0 saturated heterocycles. The molecule has 0 saturated carbocycles. The number of carbonyl (C=O) groups excluding carboxylic acids is 1. The topological polar surface area (TPSA) is 42.0 Å². The number of halogens is 1. The summed E-state index contributed by atoms with van der Waals surface area (Å²) in [5.74, 6) is 0.322. The Bertz CT molecular complexity index is 548. The zero-order valence-corrected chi connectivity index (χ0v) is 13.1. The normalized spacial score (nSPS) is 10.7. The van der Waals surface area contributed by atoms with Crippen molar-refractivity contribution >= 4 is 45.0 Å². The Balaban J connectivity index is 2.08. The molecule has 1 amide bonds. The molecule has 94 valence electrons. The first-order chi connectivity index (χ1) is 8.56. The van der Waals surface area contributed by atoms with Crippen molar-refractivity contribution in [2.75, 3.05) is 5.32 Å². The number of hydrogen-bond acceptors (Lipinski definition) is 3. The first-order valence-corrected chi connectivity index (χ1v) is 7.48. The van der Waals surface area contributed by atoms with Gasteiger partial charge in [0.05, 0.1) is 0 Å². The largest absolute Gasteiger partial charge is 0.298 e. The van der Waals surface area contributed by atoms with Crippen molar-refractivity contribution in [1.82, 2.24) is 4.98 Å². The second-order valence-corrected chi connectivity index (χ2v) is 6.49. The van der Waals surface area contributed by atoms with Crippen molar-refractivity contribution in [3.05, 3.63) is 44.5 Å². The number of hydrogen-bond donors (Lipinski definition) is 1. The van der Waals surface area contributed by atoms with Crippen LogP contribution in [0.4, 0.5) is 5.13 Å². The summed E-state index contributed by atoms with van der Waals surface area (Å²) >= 11 is 3.73. The zero-order chi connectivity index (χ0) is 13.1. The van der Waals surface area contributed by atoms with Crippen molar-refractivity contribution in [3.8, 4) is 0 Å². The van der Waals surface area contributed by atoms with Crippen LogP contribution in [-0.2, 0) is 0 Å². The number of nitrogens with one attached hydrogen (secondary N) is 1. The fraction of sp³-hybridized carbons (Fsp3) is 0.231. The molecular formula is C13H13IN2OS. The molecule has 0 bridgehead atoms. The molecule has 0 aliphatic carbocycles. The molecule has 0 aliphatic heterocycles. The molecule has 3 nitrogen and oxygen atoms in total. The van der Waals surface area contributed by atoms with E-state index >= 15 is 0 Å². The zero-order valence-electron chi connectivity index (χ0n) is 10.1. The molecule has 0 atom stereocenters. The Kier molecular flexibility index (Phi) is 4.34. The lowest BCUT2D eigenvalue weighted by Gasteiger charge is -2.01. The van der Waals surface area contributed by atoms with Crippen LogP contribution in [0.5, 0.6) is 0 Å². The van der Waals surface area contributed by atoms with Gasteiger partial charge in [-0.05, 0) is 52.8 Å². The summed E-state index contributed by atoms with van der Waals surface area (Å²) in [5, 5.41) is 3.47. The van der Waals surface area contributed by atoms with E-state index in [1.165, 1.54) is 16.2 Å². The highest BCUT2D eigenvalue weighted by molar-refractivity contribution is 14.1. The Morgan fingerprint density at radius 2 is 2.00 bits per heavy atom. The molecule has 1 aromatic carbocycles. The van der Waals surface area contributed by atoms with Crippen LogP contribution in [0.25, 0.3) is 0 Å². The van der Waals surface area contributed by atoms with Gasteiger partial charge in [-0.2, -0.15) is 0 Å². The summed E-state index contributed by atoms with van der Waals surface area (Å²) in [6.45, 7) is 4.22. The van der Waals surface area contributed by atoms with Gasteiger partial charge in [-0.25, -0.2) is 4.98 Å². The molecular weight excluding hydrogens is 359 g/mol. The molecule has 1 aromatic heterocycles. The fourth-order valence-corrected chi connectivity index (χ4v) is 2.55. The molecule has 0 spiro atoms. The lowest BCUT2D eigenvalue weighted by atomic mass is 10.2. The van der Waals surface area contributed by atoms with Crippen molar-refractivity contribution in [2.45, 2.75) is 19.8 Å². The molecule has 1 N–H and O–H groups in total. The van der Waals surface area contributed by atoms with Crippen LogP contribution >= 0.6 is 33.9 Å². The molecule has 18 heavy (non-hydrogen) atoms. The Hall–Kier alpha value is -0.950. The molecule has 0 unspecified atom stereocenters. The second-order valence-electron chi connectivity index (χ2n) is 4.18. The van der Waals surface area contributed by atoms with Crippen LogP contribution in [0.2, 0.25) is 0 Å². The van der Waals surface area contributed by atoms with Crippen LogP contribution < -0.4 is 5.32 Å². The maximum Gasteiger partial charge on any atom is 0.257 e. The third-order valence-electron chi connectivity index (χ3n) is 2.42. The predicted octanol–water partition coefficient (Wildman–Crippen LogP) is 4.12. The van der Waals surface area contributed by atoms with Crippen molar-refractivity contribution in [1.29, 1.82) is 0 Å². The average molecular weight is 372 g/mol. The first kappa shape index (κ1) is 13.5. The van der Waals surface area contributed by atoms with Gasteiger partial charge < -0.3 is 0 Å². The molecule has 5 heteroatoms. The van der Waals surface area contributed by atoms with Crippen molar-refractivity contribution in [2.24, 2.45) is 0 Å². The minimum absolute atomic E-state index is 0.115. The van der Waals surface area contributed by atoms with E-state index in [2.05, 4.69) is 46.7 Å². The molecule has 0 radical (unpaired) electrons. The van der Waals surface area contributed by atoms with E-state index in [4.69, 9.17) is 0 Å². The van der Waals surface area contributed by atoms with E-state index in [1.807, 2.05) is 30.5 Å². The summed E-state index contributed by atoms with van der Waals surface area (Å²) < 4.78 is 1.11. The smallest absolute Gasteiger partial charge is 0.257 e. The van der Waals surface area contributed by atoms with Gasteiger partial charge in [-0.15, -0.1) is 11.3 Å². The number of carbonyl (C=O) groups is 1. The lowest BCUT2D eigenvalue weighted by molar-refractivity contribution is 0.102. The van der Waals surface area contributed by atoms with E-state index in [0.717, 1.165) is 3.57 Å². The first-order valence-electron chi connectivity index (χ1n) is 5.59. The highest BCUT2D eigenvalue weighted by Crippen LogP contribution is 2.25. The van der Waals surface area contributed by atoms with Gasteiger partial charge in [0.2, 0.25) is 0 Å². The van der Waals surface area contributed by atoms with Gasteiger partial charge in [-0.1, -0.05) is 13.8 Å². The van der Waals surface area contributed by atoms with E-state index in [1.54, 1.807) is 0 Å². The lowest BCUT2D eigenvalue weighted by Crippen LogP contribution is -2.11. The summed E-state index contributed by atoms with van der Waals surface area (Å²) in [4.78, 5) is 17.3. The summed E-state index contributed by atoms with van der Waals surface area (Å²) in [5.41, 5.74) is 0.650. The van der Waals surface area contributed by atoms with Crippen molar-refractivity contribution < 1.29 is 4.79 Å². The number of anilines is 1. The summed E-state index contributed by atoms with van der Waals surface area (Å²) in [7, 11) is 0. The quantitative estimate of drug-likeness (QED) is 0.824. The van der Waals surface area contributed by atoms with Gasteiger partial charge >= 0.3 is 0 Å². The van der Waals surface area contributed by atoms with Crippen LogP contribution in [0.15, 0.2) is 30.5 Å². The Labute approximate surface area is 124 Å². The number of amides is 1. The van der Waals surface area contributed by atoms with Crippen molar-refractivity contribution in [3.63, 3.8) is 0 Å². The molecule has 1 heterocycles. The molecule has 2 aromatic rings. The minimum Gasteiger partial charge on any atom is -0.298 e. The summed E-state index contributed by atoms with van der Waals surface area (Å²) in [6.07, 6.45) is 1.82. The van der Waals surface area contributed by atoms with E-state index < -0.39 is 0 Å².